The quantitative estimate of drug-likeness (QED) is 0.518. The van der Waals surface area contributed by atoms with E-state index >= 15 is 0 Å². The number of ether oxygens (including phenoxy) is 1. The standard InChI is InChI=1S/C21H28ClN3O6S2/c1-6-24(7-2)33(29,30)18-11-8-16(9-12-18)23-21(26)15(3)25(32(5,27)28)17-10-13-20(31-4)19(22)14-17/h8-15H,6-7H2,1-5H3,(H,23,26)/t15-/m1/s1. The first-order valence-electron chi connectivity index (χ1n) is 10.1. The van der Waals surface area contributed by atoms with Gasteiger partial charge < -0.3 is 10.1 Å². The molecule has 0 radical (unpaired) electrons. The molecule has 2 rings (SSSR count). The lowest BCUT2D eigenvalue weighted by molar-refractivity contribution is -0.116. The maximum atomic E-state index is 12.9. The highest BCUT2D eigenvalue weighted by atomic mass is 35.5. The molecule has 0 spiro atoms. The number of halogens is 1. The van der Waals surface area contributed by atoms with Crippen LogP contribution in [-0.4, -0.2) is 59.5 Å². The van der Waals surface area contributed by atoms with Crippen molar-refractivity contribution in [3.05, 3.63) is 47.5 Å². The maximum absolute atomic E-state index is 12.9. The summed E-state index contributed by atoms with van der Waals surface area (Å²) in [5.41, 5.74) is 0.526. The van der Waals surface area contributed by atoms with Crippen molar-refractivity contribution in [1.82, 2.24) is 4.31 Å². The van der Waals surface area contributed by atoms with Gasteiger partial charge in [-0.2, -0.15) is 4.31 Å². The number of hydrogen-bond donors (Lipinski definition) is 1. The fourth-order valence-electron chi connectivity index (χ4n) is 3.27. The van der Waals surface area contributed by atoms with Crippen LogP contribution in [0.2, 0.25) is 5.02 Å². The lowest BCUT2D eigenvalue weighted by atomic mass is 10.2. The molecule has 0 saturated heterocycles. The molecule has 0 bridgehead atoms. The SMILES string of the molecule is CCN(CC)S(=O)(=O)c1ccc(NC(=O)[C@@H](C)N(c2ccc(OC)c(Cl)c2)S(C)(=O)=O)cc1. The topological polar surface area (TPSA) is 113 Å². The molecule has 182 valence electrons. The van der Waals surface area contributed by atoms with Crippen molar-refractivity contribution >= 4 is 48.9 Å². The Morgan fingerprint density at radius 1 is 1.06 bits per heavy atom. The lowest BCUT2D eigenvalue weighted by Crippen LogP contribution is -2.45. The minimum absolute atomic E-state index is 0.0999. The third kappa shape index (κ3) is 6.17. The Hall–Kier alpha value is -2.34. The molecule has 12 heteroatoms. The van der Waals surface area contributed by atoms with Crippen LogP contribution in [0, 0.1) is 0 Å². The first-order valence-corrected chi connectivity index (χ1v) is 13.8. The molecular weight excluding hydrogens is 490 g/mol. The molecule has 0 heterocycles. The van der Waals surface area contributed by atoms with Gasteiger partial charge in [0.1, 0.15) is 11.8 Å². The summed E-state index contributed by atoms with van der Waals surface area (Å²) in [7, 11) is -6.04. The number of rotatable bonds is 10. The first-order chi connectivity index (χ1) is 15.4. The van der Waals surface area contributed by atoms with Gasteiger partial charge in [-0.15, -0.1) is 0 Å². The summed E-state index contributed by atoms with van der Waals surface area (Å²) in [6.07, 6.45) is 0.988. The first kappa shape index (κ1) is 26.9. The lowest BCUT2D eigenvalue weighted by Gasteiger charge is -2.28. The average Bonchev–Trinajstić information content (AvgIpc) is 2.74. The van der Waals surface area contributed by atoms with Gasteiger partial charge in [0.05, 0.1) is 29.0 Å². The predicted octanol–water partition coefficient (Wildman–Crippen LogP) is 3.17. The molecule has 0 unspecified atom stereocenters. The highest BCUT2D eigenvalue weighted by Gasteiger charge is 2.30. The Bertz CT molecular complexity index is 1200. The summed E-state index contributed by atoms with van der Waals surface area (Å²) < 4.78 is 57.5. The number of anilines is 2. The third-order valence-corrected chi connectivity index (χ3v) is 8.54. The van der Waals surface area contributed by atoms with Crippen LogP contribution in [0.3, 0.4) is 0 Å². The van der Waals surface area contributed by atoms with Crippen LogP contribution in [0.4, 0.5) is 11.4 Å². The fraction of sp³-hybridized carbons (Fsp3) is 0.381. The summed E-state index contributed by atoms with van der Waals surface area (Å²) in [5.74, 6) is -0.238. The van der Waals surface area contributed by atoms with Crippen molar-refractivity contribution in [1.29, 1.82) is 0 Å². The molecular formula is C21H28ClN3O6S2. The van der Waals surface area contributed by atoms with E-state index in [2.05, 4.69) is 5.32 Å². The summed E-state index contributed by atoms with van der Waals surface area (Å²) in [4.78, 5) is 13.0. The van der Waals surface area contributed by atoms with Crippen molar-refractivity contribution in [2.75, 3.05) is 36.1 Å². The number of benzene rings is 2. The van der Waals surface area contributed by atoms with E-state index in [1.807, 2.05) is 0 Å². The Morgan fingerprint density at radius 2 is 1.64 bits per heavy atom. The number of sulfonamides is 2. The van der Waals surface area contributed by atoms with Crippen molar-refractivity contribution in [3.8, 4) is 5.75 Å². The van der Waals surface area contributed by atoms with Crippen LogP contribution < -0.4 is 14.4 Å². The van der Waals surface area contributed by atoms with Gasteiger partial charge in [-0.3, -0.25) is 9.10 Å². The summed E-state index contributed by atoms with van der Waals surface area (Å²) >= 11 is 6.13. The molecule has 2 aromatic carbocycles. The van der Waals surface area contributed by atoms with E-state index in [0.717, 1.165) is 10.6 Å². The van der Waals surface area contributed by atoms with E-state index in [1.54, 1.807) is 13.8 Å². The zero-order chi connectivity index (χ0) is 25.0. The van der Waals surface area contributed by atoms with Gasteiger partial charge in [-0.05, 0) is 49.4 Å². The molecule has 0 aliphatic heterocycles. The number of amides is 1. The summed E-state index contributed by atoms with van der Waals surface area (Å²) in [6.45, 7) is 5.62. The second-order valence-corrected chi connectivity index (χ2v) is 11.4. The molecule has 33 heavy (non-hydrogen) atoms. The van der Waals surface area contributed by atoms with Crippen molar-refractivity contribution in [2.24, 2.45) is 0 Å². The van der Waals surface area contributed by atoms with Gasteiger partial charge in [-0.25, -0.2) is 16.8 Å². The van der Waals surface area contributed by atoms with E-state index < -0.39 is 32.0 Å². The molecule has 1 atom stereocenters. The number of carbonyl (C=O) groups is 1. The van der Waals surface area contributed by atoms with Crippen LogP contribution in [-0.2, 0) is 24.8 Å². The number of methoxy groups -OCH3 is 1. The van der Waals surface area contributed by atoms with Gasteiger partial charge in [0.2, 0.25) is 26.0 Å². The molecule has 9 nitrogen and oxygen atoms in total. The second kappa shape index (κ2) is 10.7. The molecule has 2 aromatic rings. The van der Waals surface area contributed by atoms with Crippen LogP contribution >= 0.6 is 11.6 Å². The molecule has 0 fully saturated rings. The molecule has 1 amide bonds. The van der Waals surface area contributed by atoms with Crippen LogP contribution in [0.1, 0.15) is 20.8 Å². The van der Waals surface area contributed by atoms with Crippen LogP contribution in [0.15, 0.2) is 47.4 Å². The van der Waals surface area contributed by atoms with E-state index in [9.17, 15) is 21.6 Å². The Morgan fingerprint density at radius 3 is 2.09 bits per heavy atom. The molecule has 0 saturated carbocycles. The average molecular weight is 518 g/mol. The predicted molar refractivity (Wildman–Crippen MR) is 130 cm³/mol. The third-order valence-electron chi connectivity index (χ3n) is 4.94. The number of carbonyl (C=O) groups excluding carboxylic acids is 1. The monoisotopic (exact) mass is 517 g/mol. The van der Waals surface area contributed by atoms with Gasteiger partial charge in [0, 0.05) is 18.8 Å². The van der Waals surface area contributed by atoms with Gasteiger partial charge in [0.15, 0.2) is 0 Å². The van der Waals surface area contributed by atoms with Crippen LogP contribution in [0.25, 0.3) is 0 Å². The van der Waals surface area contributed by atoms with E-state index in [-0.39, 0.29) is 15.6 Å². The highest BCUT2D eigenvalue weighted by Crippen LogP contribution is 2.31. The summed E-state index contributed by atoms with van der Waals surface area (Å²) in [6, 6.07) is 8.97. The minimum atomic E-state index is -3.84. The van der Waals surface area contributed by atoms with E-state index in [0.29, 0.717) is 24.5 Å². The van der Waals surface area contributed by atoms with Crippen LogP contribution in [0.5, 0.6) is 5.75 Å². The normalized spacial score (nSPS) is 12.9. The maximum Gasteiger partial charge on any atom is 0.247 e. The van der Waals surface area contributed by atoms with Gasteiger partial charge in [0.25, 0.3) is 0 Å². The Balaban J connectivity index is 2.28. The Labute approximate surface area is 200 Å². The van der Waals surface area contributed by atoms with Crippen molar-refractivity contribution in [2.45, 2.75) is 31.7 Å². The van der Waals surface area contributed by atoms with E-state index in [1.165, 1.54) is 60.8 Å². The molecule has 0 aliphatic carbocycles. The Kier molecular flexibility index (Phi) is 8.75. The number of nitrogens with zero attached hydrogens (tertiary/aromatic N) is 2. The summed E-state index contributed by atoms with van der Waals surface area (Å²) in [5, 5.41) is 2.82. The van der Waals surface area contributed by atoms with E-state index in [4.69, 9.17) is 16.3 Å². The minimum Gasteiger partial charge on any atom is -0.495 e. The molecule has 0 aliphatic rings. The number of nitrogens with one attached hydrogen (secondary N) is 1. The van der Waals surface area contributed by atoms with Gasteiger partial charge in [-0.1, -0.05) is 25.4 Å². The zero-order valence-electron chi connectivity index (χ0n) is 19.1. The smallest absolute Gasteiger partial charge is 0.247 e. The fourth-order valence-corrected chi connectivity index (χ4v) is 6.15. The highest BCUT2D eigenvalue weighted by molar-refractivity contribution is 7.92. The molecule has 1 N–H and O–H groups in total. The van der Waals surface area contributed by atoms with Crippen molar-refractivity contribution in [3.63, 3.8) is 0 Å². The largest absolute Gasteiger partial charge is 0.495 e. The van der Waals surface area contributed by atoms with Crippen molar-refractivity contribution < 1.29 is 26.4 Å². The second-order valence-electron chi connectivity index (χ2n) is 7.16. The molecule has 0 aromatic heterocycles. The van der Waals surface area contributed by atoms with Gasteiger partial charge >= 0.3 is 0 Å². The number of hydrogen-bond acceptors (Lipinski definition) is 6. The zero-order valence-corrected chi connectivity index (χ0v) is 21.5.